The van der Waals surface area contributed by atoms with E-state index in [1.165, 1.54) is 56.7 Å². The lowest BCUT2D eigenvalue weighted by Gasteiger charge is -2.03. The van der Waals surface area contributed by atoms with E-state index >= 15 is 0 Å². The van der Waals surface area contributed by atoms with Crippen molar-refractivity contribution < 1.29 is 4.79 Å². The lowest BCUT2D eigenvalue weighted by Crippen LogP contribution is -1.95. The molecular weight excluding hydrogens is 264 g/mol. The lowest BCUT2D eigenvalue weighted by atomic mass is 10.1. The van der Waals surface area contributed by atoms with Gasteiger partial charge in [0.25, 0.3) is 0 Å². The van der Waals surface area contributed by atoms with Crippen LogP contribution in [0, 0.1) is 6.92 Å². The Morgan fingerprint density at radius 2 is 1.65 bits per heavy atom. The van der Waals surface area contributed by atoms with Gasteiger partial charge in [-0.3, -0.25) is 4.79 Å². The highest BCUT2D eigenvalue weighted by molar-refractivity contribution is 8.14. The molecule has 0 N–H and O–H groups in total. The predicted molar refractivity (Wildman–Crippen MR) is 90.6 cm³/mol. The molecule has 0 spiro atoms. The Labute approximate surface area is 128 Å². The average molecular weight is 292 g/mol. The summed E-state index contributed by atoms with van der Waals surface area (Å²) in [5.41, 5.74) is 2.00. The average Bonchev–Trinajstić information content (AvgIpc) is 2.45. The number of unbranched alkanes of at least 4 members (excludes halogenated alkanes) is 7. The van der Waals surface area contributed by atoms with E-state index in [1.807, 2.05) is 31.2 Å². The van der Waals surface area contributed by atoms with Crippen LogP contribution in [0.25, 0.3) is 0 Å². The van der Waals surface area contributed by atoms with Crippen LogP contribution in [-0.2, 0) is 0 Å². The molecule has 0 amide bonds. The van der Waals surface area contributed by atoms with Crippen LogP contribution in [-0.4, -0.2) is 10.9 Å². The molecule has 0 radical (unpaired) electrons. The Morgan fingerprint density at radius 1 is 1.00 bits per heavy atom. The summed E-state index contributed by atoms with van der Waals surface area (Å²) < 4.78 is 0. The second kappa shape index (κ2) is 11.0. The highest BCUT2D eigenvalue weighted by Gasteiger charge is 2.05. The Kier molecular flexibility index (Phi) is 9.48. The molecule has 0 fully saturated rings. The first-order chi connectivity index (χ1) is 9.74. The van der Waals surface area contributed by atoms with Gasteiger partial charge in [-0.2, -0.15) is 0 Å². The lowest BCUT2D eigenvalue weighted by molar-refractivity contribution is 0.108. The monoisotopic (exact) mass is 292 g/mol. The molecule has 0 saturated carbocycles. The van der Waals surface area contributed by atoms with E-state index in [0.29, 0.717) is 0 Å². The highest BCUT2D eigenvalue weighted by Crippen LogP contribution is 2.16. The first-order valence-corrected chi connectivity index (χ1v) is 8.96. The van der Waals surface area contributed by atoms with Crippen molar-refractivity contribution in [2.75, 3.05) is 5.75 Å². The van der Waals surface area contributed by atoms with E-state index in [-0.39, 0.29) is 5.12 Å². The van der Waals surface area contributed by atoms with E-state index in [4.69, 9.17) is 0 Å². The van der Waals surface area contributed by atoms with Gasteiger partial charge in [0.05, 0.1) is 0 Å². The molecule has 0 aliphatic rings. The number of carbonyl (C=O) groups is 1. The van der Waals surface area contributed by atoms with Gasteiger partial charge in [0, 0.05) is 11.3 Å². The van der Waals surface area contributed by atoms with Crippen LogP contribution < -0.4 is 0 Å². The van der Waals surface area contributed by atoms with Gasteiger partial charge in [-0.1, -0.05) is 87.4 Å². The Morgan fingerprint density at radius 3 is 2.30 bits per heavy atom. The van der Waals surface area contributed by atoms with Crippen LogP contribution in [0.1, 0.15) is 74.2 Å². The van der Waals surface area contributed by atoms with Crippen molar-refractivity contribution in [2.24, 2.45) is 0 Å². The number of carbonyl (C=O) groups excluding carboxylic acids is 1. The molecule has 0 unspecified atom stereocenters. The van der Waals surface area contributed by atoms with Crippen LogP contribution in [0.2, 0.25) is 0 Å². The summed E-state index contributed by atoms with van der Waals surface area (Å²) in [7, 11) is 0. The maximum absolute atomic E-state index is 12.0. The molecule has 1 aromatic rings. The van der Waals surface area contributed by atoms with Gasteiger partial charge >= 0.3 is 0 Å². The summed E-state index contributed by atoms with van der Waals surface area (Å²) >= 11 is 1.47. The fraction of sp³-hybridized carbons (Fsp3) is 0.611. The van der Waals surface area contributed by atoms with Gasteiger partial charge < -0.3 is 0 Å². The van der Waals surface area contributed by atoms with Crippen LogP contribution in [0.4, 0.5) is 0 Å². The van der Waals surface area contributed by atoms with E-state index < -0.39 is 0 Å². The van der Waals surface area contributed by atoms with Crippen molar-refractivity contribution in [3.8, 4) is 0 Å². The standard InChI is InChI=1S/C18H28OS/c1-3-4-5-6-7-8-9-10-14-20-18(19)17-13-11-12-16(2)15-17/h11-13,15H,3-10,14H2,1-2H3. The van der Waals surface area contributed by atoms with Gasteiger partial charge in [0.2, 0.25) is 5.12 Å². The molecule has 0 bridgehead atoms. The third-order valence-corrected chi connectivity index (χ3v) is 4.48. The quantitative estimate of drug-likeness (QED) is 0.491. The Balaban J connectivity index is 2.02. The minimum Gasteiger partial charge on any atom is -0.282 e. The fourth-order valence-corrected chi connectivity index (χ4v) is 3.08. The molecule has 0 saturated heterocycles. The van der Waals surface area contributed by atoms with Crippen molar-refractivity contribution >= 4 is 16.9 Å². The summed E-state index contributed by atoms with van der Waals surface area (Å²) in [6, 6.07) is 7.87. The van der Waals surface area contributed by atoms with E-state index in [9.17, 15) is 4.79 Å². The van der Waals surface area contributed by atoms with Crippen molar-refractivity contribution in [3.63, 3.8) is 0 Å². The number of rotatable bonds is 10. The predicted octanol–water partition coefficient (Wildman–Crippen LogP) is 6.01. The molecule has 0 aliphatic heterocycles. The second-order valence-corrected chi connectivity index (χ2v) is 6.55. The van der Waals surface area contributed by atoms with Gasteiger partial charge in [0.15, 0.2) is 0 Å². The second-order valence-electron chi connectivity index (χ2n) is 5.48. The normalized spacial score (nSPS) is 10.7. The summed E-state index contributed by atoms with van der Waals surface area (Å²) in [5, 5.41) is 0.219. The number of aryl methyl sites for hydroxylation is 1. The summed E-state index contributed by atoms with van der Waals surface area (Å²) in [6.45, 7) is 4.28. The van der Waals surface area contributed by atoms with Crippen molar-refractivity contribution in [2.45, 2.75) is 65.2 Å². The number of thioether (sulfide) groups is 1. The maximum atomic E-state index is 12.0. The third kappa shape index (κ3) is 7.74. The molecule has 1 aromatic carbocycles. The summed E-state index contributed by atoms with van der Waals surface area (Å²) in [4.78, 5) is 12.0. The van der Waals surface area contributed by atoms with Crippen LogP contribution in [0.5, 0.6) is 0 Å². The largest absolute Gasteiger partial charge is 0.282 e. The van der Waals surface area contributed by atoms with Crippen LogP contribution in [0.15, 0.2) is 24.3 Å². The van der Waals surface area contributed by atoms with Crippen LogP contribution in [0.3, 0.4) is 0 Å². The molecule has 1 nitrogen and oxygen atoms in total. The summed E-state index contributed by atoms with van der Waals surface area (Å²) in [5.74, 6) is 0.960. The minimum atomic E-state index is 0.219. The zero-order chi connectivity index (χ0) is 14.6. The van der Waals surface area contributed by atoms with Gasteiger partial charge in [-0.05, 0) is 19.4 Å². The minimum absolute atomic E-state index is 0.219. The van der Waals surface area contributed by atoms with Gasteiger partial charge in [0.1, 0.15) is 0 Å². The smallest absolute Gasteiger partial charge is 0.219 e. The number of benzene rings is 1. The Bertz CT molecular complexity index is 387. The number of hydrogen-bond acceptors (Lipinski definition) is 2. The maximum Gasteiger partial charge on any atom is 0.219 e. The molecule has 0 aliphatic carbocycles. The zero-order valence-corrected chi connectivity index (χ0v) is 13.8. The first kappa shape index (κ1) is 17.3. The van der Waals surface area contributed by atoms with Crippen molar-refractivity contribution in [1.82, 2.24) is 0 Å². The summed E-state index contributed by atoms with van der Waals surface area (Å²) in [6.07, 6.45) is 10.6. The molecular formula is C18H28OS. The molecule has 0 heterocycles. The third-order valence-electron chi connectivity index (χ3n) is 3.48. The van der Waals surface area contributed by atoms with E-state index in [1.54, 1.807) is 0 Å². The highest BCUT2D eigenvalue weighted by atomic mass is 32.2. The molecule has 112 valence electrons. The molecule has 20 heavy (non-hydrogen) atoms. The molecule has 2 heteroatoms. The van der Waals surface area contributed by atoms with Gasteiger partial charge in [-0.15, -0.1) is 0 Å². The molecule has 1 rings (SSSR count). The number of hydrogen-bond donors (Lipinski definition) is 0. The zero-order valence-electron chi connectivity index (χ0n) is 13.0. The van der Waals surface area contributed by atoms with Crippen molar-refractivity contribution in [3.05, 3.63) is 35.4 Å². The van der Waals surface area contributed by atoms with Crippen molar-refractivity contribution in [1.29, 1.82) is 0 Å². The Hall–Kier alpha value is -0.760. The first-order valence-electron chi connectivity index (χ1n) is 7.98. The van der Waals surface area contributed by atoms with Crippen LogP contribution >= 0.6 is 11.8 Å². The van der Waals surface area contributed by atoms with E-state index in [2.05, 4.69) is 6.92 Å². The molecule has 0 atom stereocenters. The molecule has 0 aromatic heterocycles. The topological polar surface area (TPSA) is 17.1 Å². The van der Waals surface area contributed by atoms with E-state index in [0.717, 1.165) is 23.3 Å². The van der Waals surface area contributed by atoms with Gasteiger partial charge in [-0.25, -0.2) is 0 Å². The fourth-order valence-electron chi connectivity index (χ4n) is 2.26. The SMILES string of the molecule is CCCCCCCCCCSC(=O)c1cccc(C)c1.